The molecule has 3 heterocycles. The zero-order chi connectivity index (χ0) is 27.5. The van der Waals surface area contributed by atoms with Gasteiger partial charge in [-0.3, -0.25) is 4.79 Å². The highest BCUT2D eigenvalue weighted by atomic mass is 32.1. The Balaban J connectivity index is 1.67. The van der Waals surface area contributed by atoms with Crippen LogP contribution in [0.25, 0.3) is 6.08 Å². The summed E-state index contributed by atoms with van der Waals surface area (Å²) in [4.78, 5) is 43.0. The van der Waals surface area contributed by atoms with E-state index >= 15 is 0 Å². The van der Waals surface area contributed by atoms with Crippen molar-refractivity contribution in [2.24, 2.45) is 5.92 Å². The fourth-order valence-electron chi connectivity index (χ4n) is 5.25. The number of furan rings is 1. The van der Waals surface area contributed by atoms with Gasteiger partial charge in [0, 0.05) is 16.5 Å². The van der Waals surface area contributed by atoms with Gasteiger partial charge in [-0.1, -0.05) is 60.7 Å². The number of nitrogens with one attached hydrogen (secondary N) is 1. The number of para-hydroxylation sites is 1. The summed E-state index contributed by atoms with van der Waals surface area (Å²) >= 11 is 1.40. The number of rotatable bonds is 7. The number of carbonyl (C=O) groups excluding carboxylic acids is 2. The molecule has 0 spiro atoms. The maximum atomic E-state index is 14.1. The molecule has 4 aromatic rings. The number of carboxylic acid groups (broad SMARTS) is 1. The molecule has 198 valence electrons. The summed E-state index contributed by atoms with van der Waals surface area (Å²) in [5, 5.41) is 15.3. The van der Waals surface area contributed by atoms with Crippen LogP contribution < -0.4 is 5.32 Å². The molecule has 1 fully saturated rings. The van der Waals surface area contributed by atoms with Crippen molar-refractivity contribution in [1.29, 1.82) is 0 Å². The van der Waals surface area contributed by atoms with Crippen LogP contribution in [0, 0.1) is 19.8 Å². The van der Waals surface area contributed by atoms with Gasteiger partial charge in [-0.05, 0) is 60.7 Å². The predicted octanol–water partition coefficient (Wildman–Crippen LogP) is 6.62. The monoisotopic (exact) mass is 540 g/mol. The number of ketones is 1. The number of amides is 2. The lowest BCUT2D eigenvalue weighted by molar-refractivity contribution is -0.141. The Kier molecular flexibility index (Phi) is 7.47. The van der Waals surface area contributed by atoms with Crippen molar-refractivity contribution in [2.45, 2.75) is 31.8 Å². The average Bonchev–Trinajstić information content (AvgIpc) is 3.64. The summed E-state index contributed by atoms with van der Waals surface area (Å²) < 4.78 is 5.72. The van der Waals surface area contributed by atoms with Crippen molar-refractivity contribution >= 4 is 40.9 Å². The molecule has 8 heteroatoms. The molecule has 2 amide bonds. The summed E-state index contributed by atoms with van der Waals surface area (Å²) in [6, 6.07) is 20.8. The van der Waals surface area contributed by atoms with Crippen molar-refractivity contribution in [1.82, 2.24) is 4.90 Å². The number of nitrogens with zero attached hydrogens (tertiary/aromatic N) is 1. The minimum Gasteiger partial charge on any atom is -0.480 e. The summed E-state index contributed by atoms with van der Waals surface area (Å²) in [5.74, 6) is -2.48. The van der Waals surface area contributed by atoms with Gasteiger partial charge < -0.3 is 19.7 Å². The van der Waals surface area contributed by atoms with E-state index in [1.807, 2.05) is 60.8 Å². The smallest absolute Gasteiger partial charge is 0.327 e. The number of hydrogen-bond donors (Lipinski definition) is 2. The van der Waals surface area contributed by atoms with Crippen LogP contribution in [0.1, 0.15) is 38.2 Å². The molecule has 1 aliphatic heterocycles. The van der Waals surface area contributed by atoms with E-state index in [-0.39, 0.29) is 11.5 Å². The van der Waals surface area contributed by atoms with Crippen molar-refractivity contribution in [3.63, 3.8) is 0 Å². The van der Waals surface area contributed by atoms with Crippen molar-refractivity contribution < 1.29 is 23.9 Å². The normalized spacial score (nSPS) is 20.8. The van der Waals surface area contributed by atoms with E-state index in [9.17, 15) is 19.5 Å². The third-order valence-corrected chi connectivity index (χ3v) is 8.12. The van der Waals surface area contributed by atoms with Gasteiger partial charge >= 0.3 is 12.0 Å². The third-order valence-electron chi connectivity index (χ3n) is 7.00. The lowest BCUT2D eigenvalue weighted by Gasteiger charge is -2.28. The van der Waals surface area contributed by atoms with Crippen molar-refractivity contribution in [2.75, 3.05) is 5.32 Å². The van der Waals surface area contributed by atoms with Gasteiger partial charge in [-0.15, -0.1) is 11.3 Å². The first-order chi connectivity index (χ1) is 18.8. The number of urea groups is 1. The highest BCUT2D eigenvalue weighted by Crippen LogP contribution is 2.47. The van der Waals surface area contributed by atoms with Gasteiger partial charge in [0.05, 0.1) is 12.0 Å². The van der Waals surface area contributed by atoms with E-state index in [0.29, 0.717) is 11.4 Å². The lowest BCUT2D eigenvalue weighted by atomic mass is 9.80. The fourth-order valence-corrected chi connectivity index (χ4v) is 6.36. The quantitative estimate of drug-likeness (QED) is 0.257. The first-order valence-electron chi connectivity index (χ1n) is 12.6. The fraction of sp³-hybridized carbons (Fsp3) is 0.194. The number of aliphatic carboxylic acids is 1. The summed E-state index contributed by atoms with van der Waals surface area (Å²) in [6.07, 6.45) is 3.58. The second-order valence-electron chi connectivity index (χ2n) is 9.54. The zero-order valence-corrected chi connectivity index (χ0v) is 22.3. The Morgan fingerprint density at radius 3 is 2.23 bits per heavy atom. The largest absolute Gasteiger partial charge is 0.480 e. The number of aryl methyl sites for hydroxylation is 2. The van der Waals surface area contributed by atoms with Crippen LogP contribution in [-0.2, 0) is 4.79 Å². The molecule has 4 unspecified atom stereocenters. The van der Waals surface area contributed by atoms with Gasteiger partial charge in [0.15, 0.2) is 5.76 Å². The standard InChI is InChI=1S/C31H28N2O5S/c1-19-17-18-39-29(19)26-25(28(34)24-16-13-20(2)38-24)23(15-14-21-9-5-3-6-10-21)33(27(26)30(35)36)31(37)32-22-11-7-4-8-12-22/h3-18,23,25-27H,1-2H3,(H,32,37)(H,35,36). The SMILES string of the molecule is Cc1ccc(C(=O)C2C(c3sccc3C)C(C(=O)O)N(C(=O)Nc3ccccc3)C2C=Cc2ccccc2)o1. The molecule has 1 aliphatic rings. The van der Waals surface area contributed by atoms with Gasteiger partial charge in [-0.25, -0.2) is 9.59 Å². The molecule has 1 saturated heterocycles. The molecule has 4 atom stereocenters. The summed E-state index contributed by atoms with van der Waals surface area (Å²) in [5.41, 5.74) is 2.27. The van der Waals surface area contributed by atoms with Crippen LogP contribution in [0.15, 0.2) is 94.7 Å². The van der Waals surface area contributed by atoms with Crippen LogP contribution >= 0.6 is 11.3 Å². The zero-order valence-electron chi connectivity index (χ0n) is 21.5. The second kappa shape index (κ2) is 11.1. The molecular formula is C31H28N2O5S. The number of thiophene rings is 1. The molecular weight excluding hydrogens is 512 g/mol. The molecule has 5 rings (SSSR count). The Morgan fingerprint density at radius 1 is 0.949 bits per heavy atom. The first kappa shape index (κ1) is 26.2. The number of Topliss-reactive ketones (excluding diaryl/α,β-unsaturated/α-hetero) is 1. The van der Waals surface area contributed by atoms with E-state index in [4.69, 9.17) is 4.42 Å². The van der Waals surface area contributed by atoms with Crippen molar-refractivity contribution in [3.8, 4) is 0 Å². The lowest BCUT2D eigenvalue weighted by Crippen LogP contribution is -2.48. The third kappa shape index (κ3) is 5.28. The van der Waals surface area contributed by atoms with Crippen molar-refractivity contribution in [3.05, 3.63) is 118 Å². The first-order valence-corrected chi connectivity index (χ1v) is 13.5. The Bertz CT molecular complexity index is 1510. The van der Waals surface area contributed by atoms with Crippen LogP contribution in [0.2, 0.25) is 0 Å². The van der Waals surface area contributed by atoms with E-state index in [0.717, 1.165) is 16.0 Å². The highest BCUT2D eigenvalue weighted by molar-refractivity contribution is 7.10. The van der Waals surface area contributed by atoms with Gasteiger partial charge in [-0.2, -0.15) is 0 Å². The molecule has 39 heavy (non-hydrogen) atoms. The minimum atomic E-state index is -1.29. The Hall–Kier alpha value is -4.43. The molecule has 0 aliphatic carbocycles. The highest BCUT2D eigenvalue weighted by Gasteiger charge is 2.57. The number of carbonyl (C=O) groups is 3. The topological polar surface area (TPSA) is 99.9 Å². The van der Waals surface area contributed by atoms with Gasteiger partial charge in [0.2, 0.25) is 5.78 Å². The molecule has 0 radical (unpaired) electrons. The van der Waals surface area contributed by atoms with E-state index in [2.05, 4.69) is 5.32 Å². The maximum absolute atomic E-state index is 14.1. The van der Waals surface area contributed by atoms with Crippen LogP contribution in [0.3, 0.4) is 0 Å². The van der Waals surface area contributed by atoms with E-state index in [1.165, 1.54) is 16.2 Å². The number of benzene rings is 2. The summed E-state index contributed by atoms with van der Waals surface area (Å²) in [6.45, 7) is 3.64. The number of likely N-dealkylation sites (tertiary alicyclic amines) is 1. The van der Waals surface area contributed by atoms with E-state index < -0.39 is 35.9 Å². The molecule has 0 bridgehead atoms. The maximum Gasteiger partial charge on any atom is 0.327 e. The predicted molar refractivity (Wildman–Crippen MR) is 151 cm³/mol. The van der Waals surface area contributed by atoms with Crippen LogP contribution in [-0.4, -0.2) is 39.9 Å². The van der Waals surface area contributed by atoms with Gasteiger partial charge in [0.1, 0.15) is 11.8 Å². The Morgan fingerprint density at radius 2 is 1.64 bits per heavy atom. The Labute approximate surface area is 230 Å². The van der Waals surface area contributed by atoms with Crippen LogP contribution in [0.5, 0.6) is 0 Å². The number of carboxylic acids is 1. The average molecular weight is 541 g/mol. The minimum absolute atomic E-state index is 0.143. The molecule has 7 nitrogen and oxygen atoms in total. The second-order valence-corrected chi connectivity index (χ2v) is 10.5. The number of hydrogen-bond acceptors (Lipinski definition) is 5. The molecule has 2 aromatic carbocycles. The summed E-state index contributed by atoms with van der Waals surface area (Å²) in [7, 11) is 0. The van der Waals surface area contributed by atoms with Gasteiger partial charge in [0.25, 0.3) is 0 Å². The number of anilines is 1. The molecule has 2 N–H and O–H groups in total. The van der Waals surface area contributed by atoms with Crippen LogP contribution in [0.4, 0.5) is 10.5 Å². The van der Waals surface area contributed by atoms with E-state index in [1.54, 1.807) is 49.4 Å². The molecule has 0 saturated carbocycles. The molecule has 2 aromatic heterocycles.